The number of thiophene rings is 1. The van der Waals surface area contributed by atoms with E-state index in [0.29, 0.717) is 17.8 Å². The van der Waals surface area contributed by atoms with Crippen molar-refractivity contribution >= 4 is 29.0 Å². The molecule has 0 aliphatic carbocycles. The molecule has 24 heavy (non-hydrogen) atoms. The van der Waals surface area contributed by atoms with Crippen molar-refractivity contribution < 1.29 is 9.59 Å². The van der Waals surface area contributed by atoms with Crippen molar-refractivity contribution in [1.82, 2.24) is 4.90 Å². The molecule has 0 radical (unpaired) electrons. The summed E-state index contributed by atoms with van der Waals surface area (Å²) in [6.07, 6.45) is 1.76. The molecule has 1 aromatic heterocycles. The van der Waals surface area contributed by atoms with E-state index in [2.05, 4.69) is 23.7 Å². The number of primary amides is 1. The van der Waals surface area contributed by atoms with Crippen LogP contribution in [0, 0.1) is 6.92 Å². The molecule has 1 aliphatic heterocycles. The molecule has 6 heteroatoms. The van der Waals surface area contributed by atoms with Crippen molar-refractivity contribution in [3.63, 3.8) is 0 Å². The summed E-state index contributed by atoms with van der Waals surface area (Å²) in [6, 6.07) is 7.17. The Morgan fingerprint density at radius 1 is 1.38 bits per heavy atom. The highest BCUT2D eigenvalue weighted by molar-refractivity contribution is 7.10. The maximum atomic E-state index is 12.8. The Morgan fingerprint density at radius 2 is 2.17 bits per heavy atom. The van der Waals surface area contributed by atoms with E-state index >= 15 is 0 Å². The number of carbonyl (C=O) groups is 2. The lowest BCUT2D eigenvalue weighted by Crippen LogP contribution is -2.42. The molecule has 0 saturated carbocycles. The summed E-state index contributed by atoms with van der Waals surface area (Å²) in [5.41, 5.74) is 8.50. The summed E-state index contributed by atoms with van der Waals surface area (Å²) < 4.78 is 0. The van der Waals surface area contributed by atoms with E-state index in [0.717, 1.165) is 18.4 Å². The van der Waals surface area contributed by atoms with Gasteiger partial charge in [-0.15, -0.1) is 11.3 Å². The number of hydrogen-bond donors (Lipinski definition) is 2. The largest absolute Gasteiger partial charge is 0.366 e. The topological polar surface area (TPSA) is 75.4 Å². The van der Waals surface area contributed by atoms with Crippen molar-refractivity contribution in [2.75, 3.05) is 11.9 Å². The predicted octanol–water partition coefficient (Wildman–Crippen LogP) is 3.70. The number of aryl methyl sites for hydroxylation is 1. The molecular weight excluding hydrogens is 322 g/mol. The first-order valence-electron chi connectivity index (χ1n) is 8.05. The van der Waals surface area contributed by atoms with E-state index < -0.39 is 5.91 Å². The van der Waals surface area contributed by atoms with Gasteiger partial charge in [-0.2, -0.15) is 0 Å². The Hall–Kier alpha value is -2.34. The molecule has 126 valence electrons. The normalized spacial score (nSPS) is 16.6. The molecule has 1 aliphatic rings. The molecular formula is C18H21N3O2S. The van der Waals surface area contributed by atoms with E-state index in [-0.39, 0.29) is 12.1 Å². The van der Waals surface area contributed by atoms with Gasteiger partial charge in [-0.1, -0.05) is 13.0 Å². The van der Waals surface area contributed by atoms with Gasteiger partial charge in [0.25, 0.3) is 0 Å². The quantitative estimate of drug-likeness (QED) is 0.891. The first kappa shape index (κ1) is 16.5. The zero-order valence-corrected chi connectivity index (χ0v) is 14.7. The van der Waals surface area contributed by atoms with Crippen LogP contribution in [0.25, 0.3) is 0 Å². The number of nitrogens with zero attached hydrogens (tertiary/aromatic N) is 1. The SMILES string of the molecule is CC[C@@H]1c2ccsc2CCN1C(=O)Nc1cc(C(N)=O)ccc1C. The molecule has 1 aromatic carbocycles. The van der Waals surface area contributed by atoms with Crippen LogP contribution < -0.4 is 11.1 Å². The monoisotopic (exact) mass is 343 g/mol. The first-order chi connectivity index (χ1) is 11.5. The summed E-state index contributed by atoms with van der Waals surface area (Å²) in [7, 11) is 0. The van der Waals surface area contributed by atoms with E-state index in [9.17, 15) is 9.59 Å². The first-order valence-corrected chi connectivity index (χ1v) is 8.93. The lowest BCUT2D eigenvalue weighted by molar-refractivity contribution is 0.1000. The Balaban J connectivity index is 1.83. The van der Waals surface area contributed by atoms with E-state index in [4.69, 9.17) is 5.73 Å². The average molecular weight is 343 g/mol. The predicted molar refractivity (Wildman–Crippen MR) is 96.5 cm³/mol. The number of nitrogens with two attached hydrogens (primary N) is 1. The van der Waals surface area contributed by atoms with Crippen LogP contribution in [0.2, 0.25) is 0 Å². The molecule has 0 bridgehead atoms. The fraction of sp³-hybridized carbons (Fsp3) is 0.333. The minimum Gasteiger partial charge on any atom is -0.366 e. The summed E-state index contributed by atoms with van der Waals surface area (Å²) in [6.45, 7) is 4.69. The third-order valence-electron chi connectivity index (χ3n) is 4.51. The maximum Gasteiger partial charge on any atom is 0.322 e. The molecule has 5 nitrogen and oxygen atoms in total. The second kappa shape index (κ2) is 6.65. The number of anilines is 1. The van der Waals surface area contributed by atoms with Gasteiger partial charge < -0.3 is 16.0 Å². The number of fused-ring (bicyclic) bond motifs is 1. The number of nitrogens with one attached hydrogen (secondary N) is 1. The molecule has 3 N–H and O–H groups in total. The number of urea groups is 1. The van der Waals surface area contributed by atoms with Crippen LogP contribution >= 0.6 is 11.3 Å². The molecule has 0 saturated heterocycles. The van der Waals surface area contributed by atoms with Crippen LogP contribution in [0.4, 0.5) is 10.5 Å². The van der Waals surface area contributed by atoms with Crippen LogP contribution in [0.3, 0.4) is 0 Å². The molecule has 3 amide bonds. The van der Waals surface area contributed by atoms with Gasteiger partial charge in [-0.3, -0.25) is 4.79 Å². The Labute approximate surface area is 145 Å². The number of benzene rings is 1. The van der Waals surface area contributed by atoms with Gasteiger partial charge in [0, 0.05) is 22.7 Å². The van der Waals surface area contributed by atoms with E-state index in [1.165, 1.54) is 10.4 Å². The number of carbonyl (C=O) groups excluding carboxylic acids is 2. The zero-order valence-electron chi connectivity index (χ0n) is 13.8. The lowest BCUT2D eigenvalue weighted by Gasteiger charge is -2.35. The van der Waals surface area contributed by atoms with Gasteiger partial charge in [0.1, 0.15) is 0 Å². The van der Waals surface area contributed by atoms with Crippen molar-refractivity contribution in [3.8, 4) is 0 Å². The Kier molecular flexibility index (Phi) is 4.57. The van der Waals surface area contributed by atoms with Crippen molar-refractivity contribution in [3.05, 3.63) is 51.2 Å². The van der Waals surface area contributed by atoms with Gasteiger partial charge >= 0.3 is 6.03 Å². The second-order valence-corrected chi connectivity index (χ2v) is 6.99. The molecule has 2 heterocycles. The minimum atomic E-state index is -0.502. The number of amides is 3. The third-order valence-corrected chi connectivity index (χ3v) is 5.50. The van der Waals surface area contributed by atoms with Crippen LogP contribution in [-0.4, -0.2) is 23.4 Å². The maximum absolute atomic E-state index is 12.8. The fourth-order valence-corrected chi connectivity index (χ4v) is 4.10. The van der Waals surface area contributed by atoms with Crippen LogP contribution in [0.15, 0.2) is 29.6 Å². The molecule has 1 atom stereocenters. The van der Waals surface area contributed by atoms with Crippen molar-refractivity contribution in [2.45, 2.75) is 32.7 Å². The lowest BCUT2D eigenvalue weighted by atomic mass is 9.98. The number of rotatable bonds is 3. The Bertz CT molecular complexity index is 784. The van der Waals surface area contributed by atoms with Gasteiger partial charge in [0.05, 0.1) is 6.04 Å². The van der Waals surface area contributed by atoms with Crippen molar-refractivity contribution in [2.24, 2.45) is 5.73 Å². The van der Waals surface area contributed by atoms with Crippen molar-refractivity contribution in [1.29, 1.82) is 0 Å². The minimum absolute atomic E-state index is 0.0969. The van der Waals surface area contributed by atoms with Gasteiger partial charge in [0.2, 0.25) is 5.91 Å². The summed E-state index contributed by atoms with van der Waals surface area (Å²) in [5.74, 6) is -0.502. The summed E-state index contributed by atoms with van der Waals surface area (Å²) >= 11 is 1.76. The summed E-state index contributed by atoms with van der Waals surface area (Å²) in [5, 5.41) is 5.04. The highest BCUT2D eigenvalue weighted by Gasteiger charge is 2.30. The molecule has 0 unspecified atom stereocenters. The van der Waals surface area contributed by atoms with Gasteiger partial charge in [-0.25, -0.2) is 4.79 Å². The Morgan fingerprint density at radius 3 is 2.88 bits per heavy atom. The highest BCUT2D eigenvalue weighted by Crippen LogP contribution is 2.35. The smallest absolute Gasteiger partial charge is 0.322 e. The molecule has 3 rings (SSSR count). The van der Waals surface area contributed by atoms with Crippen LogP contribution in [-0.2, 0) is 6.42 Å². The third kappa shape index (κ3) is 3.01. The fourth-order valence-electron chi connectivity index (χ4n) is 3.18. The zero-order chi connectivity index (χ0) is 17.3. The second-order valence-electron chi connectivity index (χ2n) is 5.99. The summed E-state index contributed by atoms with van der Waals surface area (Å²) in [4.78, 5) is 27.4. The van der Waals surface area contributed by atoms with Crippen LogP contribution in [0.1, 0.15) is 45.7 Å². The van der Waals surface area contributed by atoms with Gasteiger partial charge in [0.15, 0.2) is 0 Å². The average Bonchev–Trinajstić information content (AvgIpc) is 3.04. The highest BCUT2D eigenvalue weighted by atomic mass is 32.1. The molecule has 0 spiro atoms. The standard InChI is InChI=1S/C18H21N3O2S/c1-3-15-13-7-9-24-16(13)6-8-21(15)18(23)20-14-10-12(17(19)22)5-4-11(14)2/h4-5,7,9-10,15H,3,6,8H2,1-2H3,(H2,19,22)(H,20,23)/t15-/m1/s1. The van der Waals surface area contributed by atoms with Gasteiger partial charge in [-0.05, 0) is 54.5 Å². The van der Waals surface area contributed by atoms with Crippen LogP contribution in [0.5, 0.6) is 0 Å². The van der Waals surface area contributed by atoms with E-state index in [1.54, 1.807) is 29.5 Å². The molecule has 0 fully saturated rings. The number of hydrogen-bond acceptors (Lipinski definition) is 3. The molecule has 2 aromatic rings. The van der Waals surface area contributed by atoms with E-state index in [1.807, 2.05) is 11.8 Å².